The van der Waals surface area contributed by atoms with Crippen LogP contribution in [0.2, 0.25) is 0 Å². The van der Waals surface area contributed by atoms with Crippen molar-refractivity contribution < 1.29 is 17.9 Å². The number of benzene rings is 1. The summed E-state index contributed by atoms with van der Waals surface area (Å²) in [5.74, 6) is 1.32. The average Bonchev–Trinajstić information content (AvgIpc) is 2.61. The molecule has 1 aromatic heterocycles. The first kappa shape index (κ1) is 18.6. The summed E-state index contributed by atoms with van der Waals surface area (Å²) in [5.41, 5.74) is 0.874. The molecule has 1 aromatic carbocycles. The molecule has 7 heteroatoms. The molecule has 1 saturated heterocycles. The average molecular weight is 365 g/mol. The van der Waals surface area contributed by atoms with Crippen molar-refractivity contribution in [1.82, 2.24) is 9.97 Å². The molecule has 3 rings (SSSR count). The molecule has 0 amide bonds. The fraction of sp³-hybridized carbons (Fsp3) is 0.474. The largest absolute Gasteiger partial charge is 0.416 e. The molecule has 1 aliphatic heterocycles. The molecular formula is C19H22F3N3O. The first-order valence-corrected chi connectivity index (χ1v) is 8.66. The molecule has 2 heterocycles. The van der Waals surface area contributed by atoms with Gasteiger partial charge in [0.1, 0.15) is 12.4 Å². The molecule has 0 N–H and O–H groups in total. The standard InChI is InChI=1S/C19H22F3N3O/c1-13-10-18(24-17(23-13)12-26-2)25-9-4-3-8-16(25)14-6-5-7-15(11-14)19(20,21)22/h5-7,10-11,16H,3-4,8-9,12H2,1-2H3. The number of halogens is 3. The van der Waals surface area contributed by atoms with Gasteiger partial charge in [-0.1, -0.05) is 12.1 Å². The maximum atomic E-state index is 13.1. The topological polar surface area (TPSA) is 38.2 Å². The Kier molecular flexibility index (Phi) is 5.46. The lowest BCUT2D eigenvalue weighted by atomic mass is 9.94. The van der Waals surface area contributed by atoms with Crippen LogP contribution in [-0.2, 0) is 17.5 Å². The lowest BCUT2D eigenvalue weighted by molar-refractivity contribution is -0.137. The number of aryl methyl sites for hydroxylation is 1. The zero-order valence-corrected chi connectivity index (χ0v) is 14.9. The van der Waals surface area contributed by atoms with Crippen LogP contribution in [0.25, 0.3) is 0 Å². The minimum Gasteiger partial charge on any atom is -0.377 e. The van der Waals surface area contributed by atoms with Crippen molar-refractivity contribution in [3.05, 3.63) is 53.0 Å². The number of ether oxygens (including phenoxy) is 1. The van der Waals surface area contributed by atoms with Crippen LogP contribution in [0.1, 0.15) is 47.9 Å². The lowest BCUT2D eigenvalue weighted by Gasteiger charge is -2.37. The SMILES string of the molecule is COCc1nc(C)cc(N2CCCCC2c2cccc(C(F)(F)F)c2)n1. The van der Waals surface area contributed by atoms with Crippen molar-refractivity contribution in [3.8, 4) is 0 Å². The predicted molar refractivity (Wildman–Crippen MR) is 92.9 cm³/mol. The molecule has 1 fully saturated rings. The zero-order chi connectivity index (χ0) is 18.7. The van der Waals surface area contributed by atoms with Gasteiger partial charge in [-0.15, -0.1) is 0 Å². The van der Waals surface area contributed by atoms with Gasteiger partial charge in [0, 0.05) is 25.4 Å². The highest BCUT2D eigenvalue weighted by molar-refractivity contribution is 5.45. The lowest BCUT2D eigenvalue weighted by Crippen LogP contribution is -2.34. The molecule has 0 spiro atoms. The summed E-state index contributed by atoms with van der Waals surface area (Å²) in [6, 6.07) is 7.37. The van der Waals surface area contributed by atoms with E-state index in [0.717, 1.165) is 43.4 Å². The first-order valence-electron chi connectivity index (χ1n) is 8.66. The van der Waals surface area contributed by atoms with E-state index in [4.69, 9.17) is 4.74 Å². The van der Waals surface area contributed by atoms with Crippen molar-refractivity contribution in [2.75, 3.05) is 18.6 Å². The third-order valence-electron chi connectivity index (χ3n) is 4.56. The summed E-state index contributed by atoms with van der Waals surface area (Å²) in [6.07, 6.45) is -1.58. The predicted octanol–water partition coefficient (Wildman–Crippen LogP) is 4.68. The second kappa shape index (κ2) is 7.61. The van der Waals surface area contributed by atoms with E-state index >= 15 is 0 Å². The summed E-state index contributed by atoms with van der Waals surface area (Å²) in [5, 5.41) is 0. The second-order valence-corrected chi connectivity index (χ2v) is 6.54. The maximum Gasteiger partial charge on any atom is 0.416 e. The summed E-state index contributed by atoms with van der Waals surface area (Å²) in [7, 11) is 1.58. The molecule has 0 bridgehead atoms. The maximum absolute atomic E-state index is 13.1. The van der Waals surface area contributed by atoms with Crippen molar-refractivity contribution in [2.24, 2.45) is 0 Å². The van der Waals surface area contributed by atoms with Crippen LogP contribution >= 0.6 is 0 Å². The Morgan fingerprint density at radius 1 is 1.19 bits per heavy atom. The highest BCUT2D eigenvalue weighted by Gasteiger charge is 2.32. The Morgan fingerprint density at radius 3 is 2.73 bits per heavy atom. The fourth-order valence-electron chi connectivity index (χ4n) is 3.43. The van der Waals surface area contributed by atoms with Gasteiger partial charge in [-0.2, -0.15) is 13.2 Å². The van der Waals surface area contributed by atoms with Gasteiger partial charge in [-0.05, 0) is 43.9 Å². The van der Waals surface area contributed by atoms with Gasteiger partial charge in [0.05, 0.1) is 11.6 Å². The van der Waals surface area contributed by atoms with Crippen LogP contribution in [0.15, 0.2) is 30.3 Å². The fourth-order valence-corrected chi connectivity index (χ4v) is 3.43. The van der Waals surface area contributed by atoms with E-state index in [1.165, 1.54) is 12.1 Å². The van der Waals surface area contributed by atoms with Gasteiger partial charge in [-0.25, -0.2) is 9.97 Å². The number of nitrogens with zero attached hydrogens (tertiary/aromatic N) is 3. The quantitative estimate of drug-likeness (QED) is 0.788. The van der Waals surface area contributed by atoms with Gasteiger partial charge in [-0.3, -0.25) is 0 Å². The Labute approximate surface area is 151 Å². The van der Waals surface area contributed by atoms with E-state index in [0.29, 0.717) is 18.0 Å². The van der Waals surface area contributed by atoms with E-state index in [-0.39, 0.29) is 6.04 Å². The summed E-state index contributed by atoms with van der Waals surface area (Å²) in [6.45, 7) is 2.94. The third kappa shape index (κ3) is 4.15. The molecule has 1 atom stereocenters. The van der Waals surface area contributed by atoms with Crippen LogP contribution in [0, 0.1) is 6.92 Å². The summed E-state index contributed by atoms with van der Waals surface area (Å²) < 4.78 is 44.4. The molecule has 0 radical (unpaired) electrons. The van der Waals surface area contributed by atoms with Crippen molar-refractivity contribution in [1.29, 1.82) is 0 Å². The second-order valence-electron chi connectivity index (χ2n) is 6.54. The summed E-state index contributed by atoms with van der Waals surface area (Å²) in [4.78, 5) is 11.0. The van der Waals surface area contributed by atoms with Crippen LogP contribution in [0.3, 0.4) is 0 Å². The number of alkyl halides is 3. The Balaban J connectivity index is 1.97. The number of methoxy groups -OCH3 is 1. The van der Waals surface area contributed by atoms with Crippen molar-refractivity contribution in [3.63, 3.8) is 0 Å². The molecule has 4 nitrogen and oxygen atoms in total. The van der Waals surface area contributed by atoms with E-state index in [2.05, 4.69) is 14.9 Å². The van der Waals surface area contributed by atoms with Crippen LogP contribution in [0.4, 0.5) is 19.0 Å². The normalized spacial score (nSPS) is 18.2. The third-order valence-corrected chi connectivity index (χ3v) is 4.56. The number of anilines is 1. The number of piperidine rings is 1. The Bertz CT molecular complexity index is 764. The van der Waals surface area contributed by atoms with Crippen molar-refractivity contribution >= 4 is 5.82 Å². The van der Waals surface area contributed by atoms with E-state index < -0.39 is 11.7 Å². The molecule has 1 unspecified atom stereocenters. The minimum absolute atomic E-state index is 0.129. The van der Waals surface area contributed by atoms with Crippen LogP contribution in [0.5, 0.6) is 0 Å². The molecule has 140 valence electrons. The van der Waals surface area contributed by atoms with E-state index in [9.17, 15) is 13.2 Å². The number of hydrogen-bond acceptors (Lipinski definition) is 4. The molecule has 0 saturated carbocycles. The highest BCUT2D eigenvalue weighted by Crippen LogP contribution is 2.37. The van der Waals surface area contributed by atoms with Gasteiger partial charge in [0.25, 0.3) is 0 Å². The smallest absolute Gasteiger partial charge is 0.377 e. The van der Waals surface area contributed by atoms with E-state index in [1.807, 2.05) is 13.0 Å². The zero-order valence-electron chi connectivity index (χ0n) is 14.9. The van der Waals surface area contributed by atoms with Gasteiger partial charge >= 0.3 is 6.18 Å². The molecule has 26 heavy (non-hydrogen) atoms. The number of aromatic nitrogens is 2. The first-order chi connectivity index (χ1) is 12.4. The molecule has 2 aromatic rings. The van der Waals surface area contributed by atoms with Gasteiger partial charge in [0.2, 0.25) is 0 Å². The molecule has 0 aliphatic carbocycles. The van der Waals surface area contributed by atoms with Gasteiger partial charge < -0.3 is 9.64 Å². The summed E-state index contributed by atoms with van der Waals surface area (Å²) >= 11 is 0. The number of rotatable bonds is 4. The van der Waals surface area contributed by atoms with E-state index in [1.54, 1.807) is 13.2 Å². The molecule has 1 aliphatic rings. The van der Waals surface area contributed by atoms with Crippen molar-refractivity contribution in [2.45, 2.75) is 45.0 Å². The Morgan fingerprint density at radius 2 is 2.00 bits per heavy atom. The Hall–Kier alpha value is -2.15. The minimum atomic E-state index is -4.34. The monoisotopic (exact) mass is 365 g/mol. The van der Waals surface area contributed by atoms with Crippen LogP contribution in [-0.4, -0.2) is 23.6 Å². The van der Waals surface area contributed by atoms with Crippen LogP contribution < -0.4 is 4.90 Å². The number of hydrogen-bond donors (Lipinski definition) is 0. The highest BCUT2D eigenvalue weighted by atomic mass is 19.4. The van der Waals surface area contributed by atoms with Gasteiger partial charge in [0.15, 0.2) is 5.82 Å². The molecular weight excluding hydrogens is 343 g/mol.